The van der Waals surface area contributed by atoms with E-state index in [-0.39, 0.29) is 0 Å². The van der Waals surface area contributed by atoms with Gasteiger partial charge >= 0.3 is 0 Å². The second-order valence-corrected chi connectivity index (χ2v) is 3.66. The standard InChI is InChI=1S/C11H21N3O/c1-12-6-5-11-9-14(10-13-11)7-3-4-8-15-2/h9-10,12H,3-8H2,1-2H3. The van der Waals surface area contributed by atoms with Gasteiger partial charge in [0.15, 0.2) is 0 Å². The summed E-state index contributed by atoms with van der Waals surface area (Å²) >= 11 is 0. The van der Waals surface area contributed by atoms with Crippen molar-refractivity contribution in [1.82, 2.24) is 14.9 Å². The van der Waals surface area contributed by atoms with E-state index in [1.807, 2.05) is 13.4 Å². The number of imidazole rings is 1. The van der Waals surface area contributed by atoms with Gasteiger partial charge in [0.25, 0.3) is 0 Å². The number of hydrogen-bond acceptors (Lipinski definition) is 3. The zero-order valence-electron chi connectivity index (χ0n) is 9.70. The number of aromatic nitrogens is 2. The van der Waals surface area contributed by atoms with Crippen LogP contribution in [0.25, 0.3) is 0 Å². The van der Waals surface area contributed by atoms with E-state index in [1.165, 1.54) is 0 Å². The molecular weight excluding hydrogens is 190 g/mol. The number of methoxy groups -OCH3 is 1. The van der Waals surface area contributed by atoms with Crippen molar-refractivity contribution in [2.45, 2.75) is 25.8 Å². The lowest BCUT2D eigenvalue weighted by Crippen LogP contribution is -2.10. The minimum atomic E-state index is 0.849. The molecule has 0 amide bonds. The lowest BCUT2D eigenvalue weighted by atomic mass is 10.3. The summed E-state index contributed by atoms with van der Waals surface area (Å²) in [5.74, 6) is 0. The van der Waals surface area contributed by atoms with E-state index in [0.717, 1.165) is 44.7 Å². The van der Waals surface area contributed by atoms with Gasteiger partial charge in [-0.25, -0.2) is 4.98 Å². The maximum atomic E-state index is 5.00. The highest BCUT2D eigenvalue weighted by atomic mass is 16.5. The predicted molar refractivity (Wildman–Crippen MR) is 61.0 cm³/mol. The van der Waals surface area contributed by atoms with E-state index in [9.17, 15) is 0 Å². The number of likely N-dealkylation sites (N-methyl/N-ethyl adjacent to an activating group) is 1. The molecule has 1 N–H and O–H groups in total. The largest absolute Gasteiger partial charge is 0.385 e. The number of rotatable bonds is 8. The first-order valence-electron chi connectivity index (χ1n) is 5.51. The zero-order valence-corrected chi connectivity index (χ0v) is 9.70. The Bertz CT molecular complexity index is 260. The lowest BCUT2D eigenvalue weighted by Gasteiger charge is -2.01. The van der Waals surface area contributed by atoms with Crippen molar-refractivity contribution < 1.29 is 4.74 Å². The molecule has 0 unspecified atom stereocenters. The SMILES string of the molecule is CNCCc1cn(CCCCOC)cn1. The van der Waals surface area contributed by atoms with Crippen LogP contribution < -0.4 is 5.32 Å². The van der Waals surface area contributed by atoms with Crippen LogP contribution in [0.5, 0.6) is 0 Å². The Morgan fingerprint density at radius 3 is 3.07 bits per heavy atom. The molecule has 15 heavy (non-hydrogen) atoms. The van der Waals surface area contributed by atoms with Crippen molar-refractivity contribution in [3.63, 3.8) is 0 Å². The van der Waals surface area contributed by atoms with Gasteiger partial charge in [-0.2, -0.15) is 0 Å². The minimum Gasteiger partial charge on any atom is -0.385 e. The van der Waals surface area contributed by atoms with E-state index in [2.05, 4.69) is 21.1 Å². The fourth-order valence-corrected chi connectivity index (χ4v) is 1.45. The maximum Gasteiger partial charge on any atom is 0.0949 e. The average Bonchev–Trinajstić information content (AvgIpc) is 2.69. The molecule has 0 aliphatic heterocycles. The van der Waals surface area contributed by atoms with E-state index < -0.39 is 0 Å². The Morgan fingerprint density at radius 1 is 1.47 bits per heavy atom. The summed E-state index contributed by atoms with van der Waals surface area (Å²) in [7, 11) is 3.70. The molecule has 0 aromatic carbocycles. The molecule has 1 rings (SSSR count). The Labute approximate surface area is 91.7 Å². The Balaban J connectivity index is 2.20. The van der Waals surface area contributed by atoms with Gasteiger partial charge in [-0.15, -0.1) is 0 Å². The van der Waals surface area contributed by atoms with E-state index >= 15 is 0 Å². The molecule has 0 spiro atoms. The van der Waals surface area contributed by atoms with Gasteiger partial charge < -0.3 is 14.6 Å². The second-order valence-electron chi connectivity index (χ2n) is 3.66. The van der Waals surface area contributed by atoms with Crippen LogP contribution in [-0.4, -0.2) is 36.9 Å². The van der Waals surface area contributed by atoms with Crippen LogP contribution in [0.15, 0.2) is 12.5 Å². The van der Waals surface area contributed by atoms with Crippen LogP contribution >= 0.6 is 0 Å². The summed E-state index contributed by atoms with van der Waals surface area (Å²) in [6.07, 6.45) is 7.31. The van der Waals surface area contributed by atoms with Crippen LogP contribution in [0.4, 0.5) is 0 Å². The second kappa shape index (κ2) is 7.43. The van der Waals surface area contributed by atoms with Gasteiger partial charge in [0.1, 0.15) is 0 Å². The molecule has 0 fully saturated rings. The highest BCUT2D eigenvalue weighted by Crippen LogP contribution is 2.00. The number of hydrogen-bond donors (Lipinski definition) is 1. The van der Waals surface area contributed by atoms with E-state index in [1.54, 1.807) is 7.11 Å². The molecule has 0 atom stereocenters. The van der Waals surface area contributed by atoms with Crippen molar-refractivity contribution in [3.05, 3.63) is 18.2 Å². The summed E-state index contributed by atoms with van der Waals surface area (Å²) in [6.45, 7) is 2.87. The molecule has 86 valence electrons. The summed E-state index contributed by atoms with van der Waals surface area (Å²) < 4.78 is 7.16. The van der Waals surface area contributed by atoms with Crippen molar-refractivity contribution in [1.29, 1.82) is 0 Å². The zero-order chi connectivity index (χ0) is 10.9. The topological polar surface area (TPSA) is 39.1 Å². The predicted octanol–water partition coefficient (Wildman–Crippen LogP) is 1.07. The summed E-state index contributed by atoms with van der Waals surface area (Å²) in [5, 5.41) is 3.12. The molecule has 1 heterocycles. The molecule has 0 radical (unpaired) electrons. The number of unbranched alkanes of at least 4 members (excludes halogenated alkanes) is 1. The van der Waals surface area contributed by atoms with Crippen LogP contribution in [0.3, 0.4) is 0 Å². The molecule has 4 nitrogen and oxygen atoms in total. The van der Waals surface area contributed by atoms with Gasteiger partial charge in [0, 0.05) is 39.4 Å². The van der Waals surface area contributed by atoms with Crippen molar-refractivity contribution in [2.24, 2.45) is 0 Å². The van der Waals surface area contributed by atoms with Crippen LogP contribution in [0, 0.1) is 0 Å². The van der Waals surface area contributed by atoms with Crippen molar-refractivity contribution >= 4 is 0 Å². The van der Waals surface area contributed by atoms with Gasteiger partial charge in [0.05, 0.1) is 12.0 Å². The van der Waals surface area contributed by atoms with Crippen LogP contribution in [0.1, 0.15) is 18.5 Å². The highest BCUT2D eigenvalue weighted by molar-refractivity contribution is 4.97. The molecule has 0 aliphatic rings. The monoisotopic (exact) mass is 211 g/mol. The summed E-state index contributed by atoms with van der Waals surface area (Å²) in [5.41, 5.74) is 1.16. The molecule has 0 aliphatic carbocycles. The van der Waals surface area contributed by atoms with Gasteiger partial charge in [-0.1, -0.05) is 0 Å². The van der Waals surface area contributed by atoms with Gasteiger partial charge in [-0.3, -0.25) is 0 Å². The van der Waals surface area contributed by atoms with Gasteiger partial charge in [-0.05, 0) is 19.9 Å². The van der Waals surface area contributed by atoms with Crippen LogP contribution in [0.2, 0.25) is 0 Å². The molecule has 1 aromatic heterocycles. The maximum absolute atomic E-state index is 5.00. The Morgan fingerprint density at radius 2 is 2.33 bits per heavy atom. The van der Waals surface area contributed by atoms with E-state index in [0.29, 0.717) is 0 Å². The first-order chi connectivity index (χ1) is 7.36. The summed E-state index contributed by atoms with van der Waals surface area (Å²) in [4.78, 5) is 4.34. The minimum absolute atomic E-state index is 0.849. The highest BCUT2D eigenvalue weighted by Gasteiger charge is 1.97. The third kappa shape index (κ3) is 4.95. The molecule has 0 saturated heterocycles. The fourth-order valence-electron chi connectivity index (χ4n) is 1.45. The third-order valence-electron chi connectivity index (χ3n) is 2.33. The van der Waals surface area contributed by atoms with E-state index in [4.69, 9.17) is 4.74 Å². The molecular formula is C11H21N3O. The number of nitrogens with zero attached hydrogens (tertiary/aromatic N) is 2. The Kier molecular flexibility index (Phi) is 6.04. The quantitative estimate of drug-likeness (QED) is 0.654. The average molecular weight is 211 g/mol. The normalized spacial score (nSPS) is 10.8. The molecule has 4 heteroatoms. The Hall–Kier alpha value is -0.870. The van der Waals surface area contributed by atoms with Crippen LogP contribution in [-0.2, 0) is 17.7 Å². The fraction of sp³-hybridized carbons (Fsp3) is 0.727. The first-order valence-corrected chi connectivity index (χ1v) is 5.51. The lowest BCUT2D eigenvalue weighted by molar-refractivity contribution is 0.191. The summed E-state index contributed by atoms with van der Waals surface area (Å²) in [6, 6.07) is 0. The third-order valence-corrected chi connectivity index (χ3v) is 2.33. The number of ether oxygens (including phenoxy) is 1. The number of aryl methyl sites for hydroxylation is 1. The van der Waals surface area contributed by atoms with Gasteiger partial charge in [0.2, 0.25) is 0 Å². The van der Waals surface area contributed by atoms with Crippen molar-refractivity contribution in [3.8, 4) is 0 Å². The van der Waals surface area contributed by atoms with Crippen molar-refractivity contribution in [2.75, 3.05) is 27.3 Å². The molecule has 0 bridgehead atoms. The number of nitrogens with one attached hydrogen (secondary N) is 1. The first kappa shape index (κ1) is 12.2. The molecule has 0 saturated carbocycles. The molecule has 1 aromatic rings. The smallest absolute Gasteiger partial charge is 0.0949 e.